The highest BCUT2D eigenvalue weighted by Crippen LogP contribution is 2.05. The molecule has 0 heterocycles. The summed E-state index contributed by atoms with van der Waals surface area (Å²) in [5, 5.41) is 11.0. The second-order valence-electron chi connectivity index (χ2n) is 4.11. The van der Waals surface area contributed by atoms with Gasteiger partial charge in [-0.3, -0.25) is 9.59 Å². The van der Waals surface area contributed by atoms with Gasteiger partial charge in [0, 0.05) is 6.54 Å². The number of amides is 1. The van der Waals surface area contributed by atoms with Crippen LogP contribution in [0.5, 0.6) is 0 Å². The predicted molar refractivity (Wildman–Crippen MR) is 69.9 cm³/mol. The fourth-order valence-electron chi connectivity index (χ4n) is 1.48. The van der Waals surface area contributed by atoms with Gasteiger partial charge in [0.2, 0.25) is 5.91 Å². The summed E-state index contributed by atoms with van der Waals surface area (Å²) in [6.07, 6.45) is -0.424. The first kappa shape index (κ1) is 15.6. The van der Waals surface area contributed by atoms with E-state index in [9.17, 15) is 14.4 Å². The number of carbonyl (C=O) groups is 3. The molecule has 1 amide bonds. The van der Waals surface area contributed by atoms with E-state index in [-0.39, 0.29) is 6.54 Å². The molecule has 0 aliphatic rings. The summed E-state index contributed by atoms with van der Waals surface area (Å²) < 4.78 is 4.56. The number of benzene rings is 1. The lowest BCUT2D eigenvalue weighted by Crippen LogP contribution is -2.41. The van der Waals surface area contributed by atoms with Gasteiger partial charge in [0.15, 0.2) is 0 Å². The maximum atomic E-state index is 11.5. The molecule has 0 fully saturated rings. The van der Waals surface area contributed by atoms with E-state index in [4.69, 9.17) is 10.8 Å². The van der Waals surface area contributed by atoms with E-state index in [1.54, 1.807) is 24.3 Å². The minimum atomic E-state index is -1.13. The number of nitrogens with one attached hydrogen (secondary N) is 1. The summed E-state index contributed by atoms with van der Waals surface area (Å²) in [5.74, 6) is -2.11. The SMILES string of the molecule is COC(=O)c1ccc(CNC(=O)C(N)CC(=O)O)cc1. The van der Waals surface area contributed by atoms with Gasteiger partial charge in [0.05, 0.1) is 25.1 Å². The number of nitrogens with two attached hydrogens (primary N) is 1. The molecule has 0 aliphatic heterocycles. The summed E-state index contributed by atoms with van der Waals surface area (Å²) in [7, 11) is 1.29. The Morgan fingerprint density at radius 1 is 1.30 bits per heavy atom. The molecule has 0 aliphatic carbocycles. The number of ether oxygens (including phenoxy) is 1. The molecular weight excluding hydrogens is 264 g/mol. The molecule has 1 atom stereocenters. The first-order valence-electron chi connectivity index (χ1n) is 5.86. The molecule has 7 heteroatoms. The number of rotatable bonds is 6. The molecule has 1 aromatic rings. The summed E-state index contributed by atoms with van der Waals surface area (Å²) in [5.41, 5.74) is 6.58. The Morgan fingerprint density at radius 2 is 1.90 bits per heavy atom. The van der Waals surface area contributed by atoms with Crippen LogP contribution in [0.25, 0.3) is 0 Å². The zero-order valence-electron chi connectivity index (χ0n) is 11.0. The van der Waals surface area contributed by atoms with Gasteiger partial charge in [-0.15, -0.1) is 0 Å². The third-order valence-corrected chi connectivity index (χ3v) is 2.57. The van der Waals surface area contributed by atoms with Gasteiger partial charge < -0.3 is 20.9 Å². The zero-order chi connectivity index (χ0) is 15.1. The molecule has 20 heavy (non-hydrogen) atoms. The molecule has 0 radical (unpaired) electrons. The average molecular weight is 280 g/mol. The molecule has 0 aromatic heterocycles. The summed E-state index contributed by atoms with van der Waals surface area (Å²) >= 11 is 0. The molecule has 108 valence electrons. The van der Waals surface area contributed by atoms with Crippen molar-refractivity contribution in [2.75, 3.05) is 7.11 Å². The largest absolute Gasteiger partial charge is 0.481 e. The lowest BCUT2D eigenvalue weighted by molar-refractivity contribution is -0.139. The molecule has 0 saturated carbocycles. The van der Waals surface area contributed by atoms with Crippen molar-refractivity contribution in [3.8, 4) is 0 Å². The topological polar surface area (TPSA) is 119 Å². The van der Waals surface area contributed by atoms with Gasteiger partial charge >= 0.3 is 11.9 Å². The van der Waals surface area contributed by atoms with E-state index in [0.717, 1.165) is 5.56 Å². The standard InChI is InChI=1S/C13H16N2O5/c1-20-13(19)9-4-2-8(3-5-9)7-15-12(18)10(14)6-11(16)17/h2-5,10H,6-7,14H2,1H3,(H,15,18)(H,16,17). The Balaban J connectivity index is 2.51. The monoisotopic (exact) mass is 280 g/mol. The summed E-state index contributed by atoms with van der Waals surface area (Å²) in [6, 6.07) is 5.39. The van der Waals surface area contributed by atoms with Crippen LogP contribution in [0, 0.1) is 0 Å². The van der Waals surface area contributed by atoms with E-state index in [1.165, 1.54) is 7.11 Å². The van der Waals surface area contributed by atoms with Gasteiger partial charge in [-0.25, -0.2) is 4.79 Å². The van der Waals surface area contributed by atoms with Gasteiger partial charge in [-0.05, 0) is 17.7 Å². The molecule has 1 rings (SSSR count). The molecule has 4 N–H and O–H groups in total. The van der Waals surface area contributed by atoms with Crippen molar-refractivity contribution in [3.05, 3.63) is 35.4 Å². The number of hydrogen-bond acceptors (Lipinski definition) is 5. The van der Waals surface area contributed by atoms with Crippen molar-refractivity contribution >= 4 is 17.8 Å². The zero-order valence-corrected chi connectivity index (χ0v) is 11.0. The number of esters is 1. The molecule has 0 spiro atoms. The molecule has 1 aromatic carbocycles. The minimum absolute atomic E-state index is 0.202. The quantitative estimate of drug-likeness (QED) is 0.626. The van der Waals surface area contributed by atoms with Crippen LogP contribution in [0.2, 0.25) is 0 Å². The first-order valence-corrected chi connectivity index (χ1v) is 5.86. The van der Waals surface area contributed by atoms with Crippen LogP contribution < -0.4 is 11.1 Å². The average Bonchev–Trinajstić information content (AvgIpc) is 2.43. The Hall–Kier alpha value is -2.41. The predicted octanol–water partition coefficient (Wildman–Crippen LogP) is -0.109. The van der Waals surface area contributed by atoms with Crippen LogP contribution in [0.1, 0.15) is 22.3 Å². The Kier molecular flexibility index (Phi) is 5.67. The smallest absolute Gasteiger partial charge is 0.337 e. The summed E-state index contributed by atoms with van der Waals surface area (Å²) in [4.78, 5) is 33.1. The van der Waals surface area contributed by atoms with Gasteiger partial charge in [0.25, 0.3) is 0 Å². The van der Waals surface area contributed by atoms with E-state index < -0.39 is 30.3 Å². The number of hydrogen-bond donors (Lipinski definition) is 3. The number of aliphatic carboxylic acids is 1. The fraction of sp³-hybridized carbons (Fsp3) is 0.308. The van der Waals surface area contributed by atoms with Gasteiger partial charge in [-0.2, -0.15) is 0 Å². The molecule has 7 nitrogen and oxygen atoms in total. The Bertz CT molecular complexity index is 498. The highest BCUT2D eigenvalue weighted by atomic mass is 16.5. The molecule has 0 saturated heterocycles. The van der Waals surface area contributed by atoms with Crippen molar-refractivity contribution in [3.63, 3.8) is 0 Å². The van der Waals surface area contributed by atoms with Crippen LogP contribution >= 0.6 is 0 Å². The highest BCUT2D eigenvalue weighted by Gasteiger charge is 2.16. The molecular formula is C13H16N2O5. The number of methoxy groups -OCH3 is 1. The second-order valence-corrected chi connectivity index (χ2v) is 4.11. The lowest BCUT2D eigenvalue weighted by atomic mass is 10.1. The number of carboxylic acid groups (broad SMARTS) is 1. The fourth-order valence-corrected chi connectivity index (χ4v) is 1.48. The van der Waals surface area contributed by atoms with E-state index in [1.807, 2.05) is 0 Å². The van der Waals surface area contributed by atoms with E-state index in [2.05, 4.69) is 10.1 Å². The summed E-state index contributed by atoms with van der Waals surface area (Å²) in [6.45, 7) is 0.202. The van der Waals surface area contributed by atoms with Crippen molar-refractivity contribution in [1.82, 2.24) is 5.32 Å². The highest BCUT2D eigenvalue weighted by molar-refractivity contribution is 5.89. The molecule has 1 unspecified atom stereocenters. The maximum absolute atomic E-state index is 11.5. The van der Waals surface area contributed by atoms with Crippen LogP contribution in [0.4, 0.5) is 0 Å². The van der Waals surface area contributed by atoms with Crippen LogP contribution in [-0.4, -0.2) is 36.1 Å². The normalized spacial score (nSPS) is 11.5. The van der Waals surface area contributed by atoms with Crippen molar-refractivity contribution in [1.29, 1.82) is 0 Å². The van der Waals surface area contributed by atoms with Gasteiger partial charge in [0.1, 0.15) is 0 Å². The van der Waals surface area contributed by atoms with Crippen molar-refractivity contribution in [2.45, 2.75) is 19.0 Å². The lowest BCUT2D eigenvalue weighted by Gasteiger charge is -2.10. The van der Waals surface area contributed by atoms with E-state index in [0.29, 0.717) is 5.56 Å². The third-order valence-electron chi connectivity index (χ3n) is 2.57. The number of carbonyl (C=O) groups excluding carboxylic acids is 2. The van der Waals surface area contributed by atoms with Crippen LogP contribution in [0.3, 0.4) is 0 Å². The van der Waals surface area contributed by atoms with E-state index >= 15 is 0 Å². The second kappa shape index (κ2) is 7.25. The third kappa shape index (κ3) is 4.69. The van der Waals surface area contributed by atoms with Gasteiger partial charge in [-0.1, -0.05) is 12.1 Å². The Morgan fingerprint density at radius 3 is 2.40 bits per heavy atom. The Labute approximate surface area is 115 Å². The minimum Gasteiger partial charge on any atom is -0.481 e. The van der Waals surface area contributed by atoms with Crippen LogP contribution in [-0.2, 0) is 20.9 Å². The first-order chi connectivity index (χ1) is 9.43. The van der Waals surface area contributed by atoms with Crippen molar-refractivity contribution in [2.24, 2.45) is 5.73 Å². The maximum Gasteiger partial charge on any atom is 0.337 e. The number of carboxylic acids is 1. The van der Waals surface area contributed by atoms with Crippen molar-refractivity contribution < 1.29 is 24.2 Å². The molecule has 0 bridgehead atoms. The van der Waals surface area contributed by atoms with Crippen LogP contribution in [0.15, 0.2) is 24.3 Å².